The average molecular weight is 172 g/mol. The van der Waals surface area contributed by atoms with Gasteiger partial charge in [-0.15, -0.1) is 4.90 Å². The molecule has 0 aromatic heterocycles. The minimum absolute atomic E-state index is 0.529. The van der Waals surface area contributed by atoms with E-state index in [1.165, 1.54) is 0 Å². The first-order chi connectivity index (χ1) is 4.72. The van der Waals surface area contributed by atoms with Crippen LogP contribution in [0.2, 0.25) is 0 Å². The minimum atomic E-state index is 0.529. The Bertz CT molecular complexity index is 227. The molecule has 4 heteroatoms. The Labute approximate surface area is 70.4 Å². The van der Waals surface area contributed by atoms with Gasteiger partial charge in [-0.3, -0.25) is 5.21 Å². The van der Waals surface area contributed by atoms with Gasteiger partial charge in [0.05, 0.1) is 5.69 Å². The molecule has 0 spiro atoms. The third-order valence-electron chi connectivity index (χ3n) is 1.08. The van der Waals surface area contributed by atoms with Crippen molar-refractivity contribution in [2.75, 3.05) is 4.47 Å². The van der Waals surface area contributed by atoms with Gasteiger partial charge >= 0.3 is 0 Å². The van der Waals surface area contributed by atoms with Gasteiger partial charge in [-0.05, 0) is 18.9 Å². The van der Waals surface area contributed by atoms with Gasteiger partial charge in [0, 0.05) is 0 Å². The number of thiol groups is 1. The fourth-order valence-corrected chi connectivity index (χ4v) is 1.10. The summed E-state index contributed by atoms with van der Waals surface area (Å²) in [6.07, 6.45) is 0. The molecule has 2 nitrogen and oxygen atoms in total. The van der Waals surface area contributed by atoms with E-state index in [0.717, 1.165) is 0 Å². The molecule has 0 saturated carbocycles. The first kappa shape index (κ1) is 7.65. The summed E-state index contributed by atoms with van der Waals surface area (Å²) >= 11 is 8.56. The van der Waals surface area contributed by atoms with Crippen molar-refractivity contribution in [2.24, 2.45) is 0 Å². The van der Waals surface area contributed by atoms with Crippen molar-refractivity contribution in [3.05, 3.63) is 24.3 Å². The van der Waals surface area contributed by atoms with E-state index in [0.29, 0.717) is 15.1 Å². The SMILES string of the molecule is ON(S)c1ccccc1[S-]. The van der Waals surface area contributed by atoms with E-state index in [9.17, 15) is 0 Å². The predicted octanol–water partition coefficient (Wildman–Crippen LogP) is 1.63. The fraction of sp³-hybridized carbons (Fsp3) is 0. The number of anilines is 1. The quantitative estimate of drug-likeness (QED) is 0.382. The summed E-state index contributed by atoms with van der Waals surface area (Å²) in [4.78, 5) is 0.583. The molecular formula is C6H6NOS2-. The van der Waals surface area contributed by atoms with Crippen molar-refractivity contribution in [2.45, 2.75) is 4.90 Å². The Morgan fingerprint density at radius 1 is 1.40 bits per heavy atom. The Kier molecular flexibility index (Phi) is 2.37. The zero-order chi connectivity index (χ0) is 7.56. The Morgan fingerprint density at radius 3 is 2.40 bits per heavy atom. The number of para-hydroxylation sites is 1. The predicted molar refractivity (Wildman–Crippen MR) is 45.3 cm³/mol. The largest absolute Gasteiger partial charge is 0.778 e. The first-order valence-electron chi connectivity index (χ1n) is 2.66. The standard InChI is InChI=1S/C6H7NOS2/c8-7(10)5-3-1-2-4-6(5)9/h1-4,8-10H/p-1. The summed E-state index contributed by atoms with van der Waals surface area (Å²) in [5.74, 6) is 0. The Morgan fingerprint density at radius 2 is 2.00 bits per heavy atom. The van der Waals surface area contributed by atoms with Crippen LogP contribution in [-0.4, -0.2) is 5.21 Å². The lowest BCUT2D eigenvalue weighted by Crippen LogP contribution is -2.02. The number of rotatable bonds is 1. The smallest absolute Gasteiger partial charge is 0.0570 e. The van der Waals surface area contributed by atoms with Crippen molar-refractivity contribution in [1.29, 1.82) is 0 Å². The van der Waals surface area contributed by atoms with Crippen LogP contribution in [0.3, 0.4) is 0 Å². The van der Waals surface area contributed by atoms with Gasteiger partial charge in [0.15, 0.2) is 0 Å². The van der Waals surface area contributed by atoms with Crippen LogP contribution in [0.5, 0.6) is 0 Å². The van der Waals surface area contributed by atoms with Crippen molar-refractivity contribution >= 4 is 31.1 Å². The van der Waals surface area contributed by atoms with E-state index in [1.54, 1.807) is 18.2 Å². The molecule has 10 heavy (non-hydrogen) atoms. The maximum absolute atomic E-state index is 8.84. The molecule has 0 unspecified atom stereocenters. The second kappa shape index (κ2) is 3.09. The van der Waals surface area contributed by atoms with Gasteiger partial charge in [0.2, 0.25) is 0 Å². The molecule has 1 aromatic carbocycles. The molecule has 0 aliphatic rings. The zero-order valence-corrected chi connectivity index (χ0v) is 6.77. The third kappa shape index (κ3) is 1.53. The summed E-state index contributed by atoms with van der Waals surface area (Å²) in [5.41, 5.74) is 0.529. The molecule has 0 aliphatic heterocycles. The van der Waals surface area contributed by atoms with Crippen LogP contribution >= 0.6 is 12.8 Å². The number of hydrogen-bond acceptors (Lipinski definition) is 4. The average Bonchev–Trinajstić information content (AvgIpc) is 1.88. The summed E-state index contributed by atoms with van der Waals surface area (Å²) in [6, 6.07) is 7.01. The highest BCUT2D eigenvalue weighted by Gasteiger charge is 1.93. The van der Waals surface area contributed by atoms with Crippen LogP contribution in [-0.2, 0) is 12.6 Å². The maximum atomic E-state index is 8.84. The third-order valence-corrected chi connectivity index (χ3v) is 1.64. The molecular weight excluding hydrogens is 166 g/mol. The Hall–Kier alpha value is -0.450. The molecule has 0 radical (unpaired) electrons. The lowest BCUT2D eigenvalue weighted by atomic mass is 10.3. The number of hydrogen-bond donors (Lipinski definition) is 2. The second-order valence-corrected chi connectivity index (χ2v) is 2.58. The normalized spacial score (nSPS) is 9.40. The maximum Gasteiger partial charge on any atom is 0.0570 e. The van der Waals surface area contributed by atoms with E-state index < -0.39 is 0 Å². The molecule has 0 saturated heterocycles. The van der Waals surface area contributed by atoms with E-state index >= 15 is 0 Å². The monoisotopic (exact) mass is 172 g/mol. The molecule has 1 rings (SSSR count). The number of nitrogens with zero attached hydrogens (tertiary/aromatic N) is 1. The molecule has 1 N–H and O–H groups in total. The molecule has 0 bridgehead atoms. The molecule has 0 heterocycles. The lowest BCUT2D eigenvalue weighted by molar-refractivity contribution is 0.332. The van der Waals surface area contributed by atoms with Gasteiger partial charge in [-0.2, -0.15) is 0 Å². The zero-order valence-electron chi connectivity index (χ0n) is 5.06. The van der Waals surface area contributed by atoms with E-state index in [2.05, 4.69) is 12.8 Å². The van der Waals surface area contributed by atoms with Crippen molar-refractivity contribution in [3.63, 3.8) is 0 Å². The summed E-state index contributed by atoms with van der Waals surface area (Å²) in [7, 11) is 0. The minimum Gasteiger partial charge on any atom is -0.778 e. The first-order valence-corrected chi connectivity index (χ1v) is 3.46. The van der Waals surface area contributed by atoms with Crippen LogP contribution in [0, 0.1) is 0 Å². The van der Waals surface area contributed by atoms with Gasteiger partial charge in [0.25, 0.3) is 0 Å². The van der Waals surface area contributed by atoms with Gasteiger partial charge in [0.1, 0.15) is 0 Å². The van der Waals surface area contributed by atoms with Gasteiger partial charge in [-0.25, -0.2) is 4.47 Å². The van der Waals surface area contributed by atoms with Gasteiger partial charge < -0.3 is 12.6 Å². The molecule has 1 aromatic rings. The van der Waals surface area contributed by atoms with Crippen LogP contribution < -0.4 is 4.47 Å². The number of benzene rings is 1. The highest BCUT2D eigenvalue weighted by Crippen LogP contribution is 2.18. The molecule has 0 fully saturated rings. The van der Waals surface area contributed by atoms with Crippen molar-refractivity contribution in [1.82, 2.24) is 0 Å². The van der Waals surface area contributed by atoms with Crippen molar-refractivity contribution in [3.8, 4) is 0 Å². The van der Waals surface area contributed by atoms with E-state index in [-0.39, 0.29) is 0 Å². The fourth-order valence-electron chi connectivity index (χ4n) is 0.622. The van der Waals surface area contributed by atoms with Crippen LogP contribution in [0.25, 0.3) is 0 Å². The van der Waals surface area contributed by atoms with Crippen LogP contribution in [0.4, 0.5) is 5.69 Å². The summed E-state index contributed by atoms with van der Waals surface area (Å²) in [6.45, 7) is 0. The van der Waals surface area contributed by atoms with E-state index in [1.807, 2.05) is 6.07 Å². The van der Waals surface area contributed by atoms with Crippen LogP contribution in [0.15, 0.2) is 29.2 Å². The van der Waals surface area contributed by atoms with Crippen LogP contribution in [0.1, 0.15) is 0 Å². The highest BCUT2D eigenvalue weighted by molar-refractivity contribution is 7.81. The molecule has 0 atom stereocenters. The summed E-state index contributed by atoms with van der Waals surface area (Å²) in [5, 5.41) is 8.84. The topological polar surface area (TPSA) is 23.5 Å². The van der Waals surface area contributed by atoms with E-state index in [4.69, 9.17) is 17.8 Å². The second-order valence-electron chi connectivity index (χ2n) is 1.76. The lowest BCUT2D eigenvalue weighted by Gasteiger charge is -2.16. The van der Waals surface area contributed by atoms with Gasteiger partial charge in [-0.1, -0.05) is 18.2 Å². The summed E-state index contributed by atoms with van der Waals surface area (Å²) < 4.78 is 0.711. The molecule has 54 valence electrons. The Balaban J connectivity index is 3.03. The highest BCUT2D eigenvalue weighted by atomic mass is 32.1. The van der Waals surface area contributed by atoms with Crippen molar-refractivity contribution < 1.29 is 5.21 Å². The molecule has 0 amide bonds. The molecule has 0 aliphatic carbocycles.